The zero-order valence-electron chi connectivity index (χ0n) is 15.5. The maximum absolute atomic E-state index is 12.8. The van der Waals surface area contributed by atoms with Crippen molar-refractivity contribution in [2.45, 2.75) is 6.54 Å². The molecule has 0 aliphatic carbocycles. The van der Waals surface area contributed by atoms with Crippen LogP contribution >= 0.6 is 35.0 Å². The van der Waals surface area contributed by atoms with Gasteiger partial charge in [0.1, 0.15) is 6.61 Å². The van der Waals surface area contributed by atoms with E-state index < -0.39 is 5.91 Å². The lowest BCUT2D eigenvalue weighted by Crippen LogP contribution is -2.27. The molecule has 0 saturated carbocycles. The third-order valence-electron chi connectivity index (χ3n) is 4.08. The molecular weight excluding hydrogens is 433 g/mol. The second-order valence-corrected chi connectivity index (χ2v) is 7.82. The zero-order valence-corrected chi connectivity index (χ0v) is 17.8. The second kappa shape index (κ2) is 9.39. The minimum atomic E-state index is -0.400. The van der Waals surface area contributed by atoms with Gasteiger partial charge in [-0.05, 0) is 41.6 Å². The molecule has 1 fully saturated rings. The maximum Gasteiger partial charge on any atom is 0.293 e. The Morgan fingerprint density at radius 1 is 1.21 bits per heavy atom. The Bertz CT molecular complexity index is 1010. The Labute approximate surface area is 182 Å². The third kappa shape index (κ3) is 4.78. The molecule has 0 spiro atoms. The first-order valence-electron chi connectivity index (χ1n) is 8.54. The van der Waals surface area contributed by atoms with Gasteiger partial charge in [0.25, 0.3) is 11.1 Å². The molecule has 5 nitrogen and oxygen atoms in total. The minimum Gasteiger partial charge on any atom is -0.493 e. The van der Waals surface area contributed by atoms with E-state index in [1.54, 1.807) is 48.6 Å². The molecule has 3 rings (SSSR count). The van der Waals surface area contributed by atoms with Gasteiger partial charge in [-0.1, -0.05) is 54.1 Å². The quantitative estimate of drug-likeness (QED) is 0.394. The summed E-state index contributed by atoms with van der Waals surface area (Å²) in [4.78, 5) is 26.7. The van der Waals surface area contributed by atoms with Gasteiger partial charge in [-0.15, -0.1) is 0 Å². The van der Waals surface area contributed by atoms with Gasteiger partial charge in [0.05, 0.1) is 18.6 Å². The maximum atomic E-state index is 12.8. The Morgan fingerprint density at radius 2 is 2.00 bits per heavy atom. The van der Waals surface area contributed by atoms with Gasteiger partial charge < -0.3 is 9.47 Å². The van der Waals surface area contributed by atoms with Gasteiger partial charge in [-0.25, -0.2) is 0 Å². The molecule has 8 heteroatoms. The molecule has 2 aromatic carbocycles. The molecular formula is C21H17Cl2NO4S. The fourth-order valence-corrected chi connectivity index (χ4v) is 4.00. The van der Waals surface area contributed by atoms with Crippen molar-refractivity contribution in [1.82, 2.24) is 4.90 Å². The molecule has 150 valence electrons. The smallest absolute Gasteiger partial charge is 0.293 e. The number of carbonyl (C=O) groups is 2. The van der Waals surface area contributed by atoms with Crippen LogP contribution in [0.5, 0.6) is 11.5 Å². The standard InChI is InChI=1S/C21H17Cl2NO4S/c1-3-9-28-19-13(5-4-6-17(19)27-2)10-18-20(25)24(21(26)29-18)12-14-7-8-15(22)11-16(14)23/h3-8,10-11H,1,9,12H2,2H3/b18-10-. The topological polar surface area (TPSA) is 55.8 Å². The van der Waals surface area contributed by atoms with E-state index in [4.69, 9.17) is 32.7 Å². The highest BCUT2D eigenvalue weighted by Crippen LogP contribution is 2.38. The number of benzene rings is 2. The molecule has 2 aromatic rings. The molecule has 0 N–H and O–H groups in total. The lowest BCUT2D eigenvalue weighted by Gasteiger charge is -2.14. The average molecular weight is 450 g/mol. The lowest BCUT2D eigenvalue weighted by atomic mass is 10.1. The van der Waals surface area contributed by atoms with E-state index in [2.05, 4.69) is 6.58 Å². The number of methoxy groups -OCH3 is 1. The van der Waals surface area contributed by atoms with Crippen molar-refractivity contribution in [3.63, 3.8) is 0 Å². The van der Waals surface area contributed by atoms with Crippen molar-refractivity contribution in [3.8, 4) is 11.5 Å². The number of ether oxygens (including phenoxy) is 2. The molecule has 1 heterocycles. The molecule has 2 amide bonds. The summed E-state index contributed by atoms with van der Waals surface area (Å²) in [6, 6.07) is 10.3. The number of nitrogens with zero attached hydrogens (tertiary/aromatic N) is 1. The fraction of sp³-hybridized carbons (Fsp3) is 0.143. The highest BCUT2D eigenvalue weighted by atomic mass is 35.5. The van der Waals surface area contributed by atoms with Crippen molar-refractivity contribution in [2.24, 2.45) is 0 Å². The first kappa shape index (κ1) is 21.3. The van der Waals surface area contributed by atoms with Gasteiger partial charge >= 0.3 is 0 Å². The number of amides is 2. The van der Waals surface area contributed by atoms with E-state index in [9.17, 15) is 9.59 Å². The summed E-state index contributed by atoms with van der Waals surface area (Å²) in [6.07, 6.45) is 3.23. The van der Waals surface area contributed by atoms with Gasteiger partial charge in [0.15, 0.2) is 11.5 Å². The van der Waals surface area contributed by atoms with E-state index >= 15 is 0 Å². The summed E-state index contributed by atoms with van der Waals surface area (Å²) in [7, 11) is 1.53. The molecule has 1 aliphatic heterocycles. The predicted octanol–water partition coefficient (Wildman–Crippen LogP) is 5.80. The highest BCUT2D eigenvalue weighted by Gasteiger charge is 2.35. The predicted molar refractivity (Wildman–Crippen MR) is 117 cm³/mol. The second-order valence-electron chi connectivity index (χ2n) is 5.98. The molecule has 29 heavy (non-hydrogen) atoms. The van der Waals surface area contributed by atoms with E-state index in [-0.39, 0.29) is 23.3 Å². The normalized spacial score (nSPS) is 15.1. The van der Waals surface area contributed by atoms with Gasteiger partial charge in [-0.2, -0.15) is 0 Å². The Balaban J connectivity index is 1.89. The number of halogens is 2. The zero-order chi connectivity index (χ0) is 21.0. The SMILES string of the molecule is C=CCOc1c(/C=C2\SC(=O)N(Cc3ccc(Cl)cc3Cl)C2=O)cccc1OC. The van der Waals surface area contributed by atoms with E-state index in [1.165, 1.54) is 7.11 Å². The molecule has 0 radical (unpaired) electrons. The molecule has 1 aliphatic rings. The summed E-state index contributed by atoms with van der Waals surface area (Å²) in [5, 5.41) is 0.509. The summed E-state index contributed by atoms with van der Waals surface area (Å²) in [6.45, 7) is 3.98. The summed E-state index contributed by atoms with van der Waals surface area (Å²) >= 11 is 12.9. The number of hydrogen-bond donors (Lipinski definition) is 0. The largest absolute Gasteiger partial charge is 0.493 e. The molecule has 0 unspecified atom stereocenters. The van der Waals surface area contributed by atoms with Gasteiger partial charge in [0, 0.05) is 15.6 Å². The van der Waals surface area contributed by atoms with Gasteiger partial charge in [-0.3, -0.25) is 14.5 Å². The van der Waals surface area contributed by atoms with Crippen LogP contribution in [0.15, 0.2) is 54.0 Å². The number of hydrogen-bond acceptors (Lipinski definition) is 5. The number of rotatable bonds is 7. The number of thioether (sulfide) groups is 1. The summed E-state index contributed by atoms with van der Waals surface area (Å²) in [5.74, 6) is 0.596. The highest BCUT2D eigenvalue weighted by molar-refractivity contribution is 8.18. The summed E-state index contributed by atoms with van der Waals surface area (Å²) < 4.78 is 11.0. The van der Waals surface area contributed by atoms with Crippen LogP contribution in [0.1, 0.15) is 11.1 Å². The van der Waals surface area contributed by atoms with Crippen LogP contribution in [0.2, 0.25) is 10.0 Å². The van der Waals surface area contributed by atoms with Crippen LogP contribution < -0.4 is 9.47 Å². The van der Waals surface area contributed by atoms with E-state index in [1.807, 2.05) is 0 Å². The Morgan fingerprint density at radius 3 is 2.69 bits per heavy atom. The molecule has 0 atom stereocenters. The van der Waals surface area contributed by atoms with Crippen molar-refractivity contribution in [1.29, 1.82) is 0 Å². The Kier molecular flexibility index (Phi) is 6.90. The molecule has 0 aromatic heterocycles. The van der Waals surface area contributed by atoms with Crippen molar-refractivity contribution in [2.75, 3.05) is 13.7 Å². The lowest BCUT2D eigenvalue weighted by molar-refractivity contribution is -0.123. The van der Waals surface area contributed by atoms with Crippen LogP contribution in [0.3, 0.4) is 0 Å². The first-order chi connectivity index (χ1) is 13.9. The van der Waals surface area contributed by atoms with Crippen molar-refractivity contribution >= 4 is 52.2 Å². The van der Waals surface area contributed by atoms with E-state index in [0.717, 1.165) is 16.7 Å². The van der Waals surface area contributed by atoms with Crippen molar-refractivity contribution in [3.05, 3.63) is 75.1 Å². The third-order valence-corrected chi connectivity index (χ3v) is 5.57. The van der Waals surface area contributed by atoms with Crippen LogP contribution in [-0.2, 0) is 11.3 Å². The number of para-hydroxylation sites is 1. The van der Waals surface area contributed by atoms with Crippen LogP contribution in [-0.4, -0.2) is 29.8 Å². The number of imide groups is 1. The van der Waals surface area contributed by atoms with Gasteiger partial charge in [0.2, 0.25) is 0 Å². The molecule has 1 saturated heterocycles. The fourth-order valence-electron chi connectivity index (χ4n) is 2.70. The summed E-state index contributed by atoms with van der Waals surface area (Å²) in [5.41, 5.74) is 1.26. The van der Waals surface area contributed by atoms with Crippen LogP contribution in [0.25, 0.3) is 6.08 Å². The minimum absolute atomic E-state index is 0.0654. The Hall–Kier alpha value is -2.41. The van der Waals surface area contributed by atoms with Crippen LogP contribution in [0.4, 0.5) is 4.79 Å². The first-order valence-corrected chi connectivity index (χ1v) is 10.1. The number of carbonyl (C=O) groups excluding carboxylic acids is 2. The average Bonchev–Trinajstić information content (AvgIpc) is 2.96. The van der Waals surface area contributed by atoms with Crippen LogP contribution in [0, 0.1) is 0 Å². The molecule has 0 bridgehead atoms. The van der Waals surface area contributed by atoms with Crippen molar-refractivity contribution < 1.29 is 19.1 Å². The van der Waals surface area contributed by atoms with E-state index in [0.29, 0.717) is 32.7 Å². The monoisotopic (exact) mass is 449 g/mol.